The number of hydrogen-bond acceptors (Lipinski definition) is 3. The Hall–Kier alpha value is -1.88. The minimum absolute atomic E-state index is 0.192. The van der Waals surface area contributed by atoms with Gasteiger partial charge in [0.1, 0.15) is 5.82 Å². The molecule has 20 heavy (non-hydrogen) atoms. The van der Waals surface area contributed by atoms with Gasteiger partial charge in [0.2, 0.25) is 0 Å². The number of aromatic nitrogens is 2. The van der Waals surface area contributed by atoms with Crippen LogP contribution >= 0.6 is 0 Å². The van der Waals surface area contributed by atoms with E-state index < -0.39 is 0 Å². The molecule has 0 aliphatic carbocycles. The number of H-pyrrole nitrogens is 1. The molecule has 0 bridgehead atoms. The summed E-state index contributed by atoms with van der Waals surface area (Å²) in [6.45, 7) is 3.61. The molecule has 1 fully saturated rings. The van der Waals surface area contributed by atoms with Gasteiger partial charge in [-0.25, -0.2) is 4.39 Å². The van der Waals surface area contributed by atoms with E-state index in [1.165, 1.54) is 0 Å². The van der Waals surface area contributed by atoms with Gasteiger partial charge in [0.15, 0.2) is 5.82 Å². The summed E-state index contributed by atoms with van der Waals surface area (Å²) in [6, 6.07) is 7.50. The van der Waals surface area contributed by atoms with E-state index in [0.29, 0.717) is 11.6 Å². The molecule has 0 spiro atoms. The highest BCUT2D eigenvalue weighted by atomic mass is 19.1. The van der Waals surface area contributed by atoms with Crippen LogP contribution in [0.15, 0.2) is 24.3 Å². The first kappa shape index (κ1) is 13.1. The van der Waals surface area contributed by atoms with Crippen molar-refractivity contribution in [3.63, 3.8) is 0 Å². The molecular weight excluding hydrogens is 255 g/mol. The summed E-state index contributed by atoms with van der Waals surface area (Å²) in [4.78, 5) is 2.22. The Bertz CT molecular complexity index is 600. The van der Waals surface area contributed by atoms with Crippen LogP contribution in [0.25, 0.3) is 11.3 Å². The number of piperidine rings is 1. The molecule has 1 aromatic heterocycles. The first-order valence-electron chi connectivity index (χ1n) is 6.96. The van der Waals surface area contributed by atoms with E-state index >= 15 is 0 Å². The number of nitrogens with two attached hydrogens (primary N) is 1. The van der Waals surface area contributed by atoms with Crippen LogP contribution in [0.1, 0.15) is 18.4 Å². The Morgan fingerprint density at radius 1 is 1.30 bits per heavy atom. The topological polar surface area (TPSA) is 57.9 Å². The molecule has 3 N–H and O–H groups in total. The Morgan fingerprint density at radius 2 is 2.05 bits per heavy atom. The SMILES string of the molecule is Cc1ccc(-c2cc(N3CCC(N)CC3)n[nH]2)cc1F. The molecular formula is C15H19FN4. The summed E-state index contributed by atoms with van der Waals surface area (Å²) in [5, 5.41) is 7.32. The minimum atomic E-state index is -0.192. The second kappa shape index (κ2) is 5.25. The number of aromatic amines is 1. The van der Waals surface area contributed by atoms with Crippen LogP contribution in [0.5, 0.6) is 0 Å². The van der Waals surface area contributed by atoms with Crippen LogP contribution in [0.2, 0.25) is 0 Å². The fourth-order valence-corrected chi connectivity index (χ4v) is 2.51. The van der Waals surface area contributed by atoms with Crippen molar-refractivity contribution in [2.75, 3.05) is 18.0 Å². The van der Waals surface area contributed by atoms with Gasteiger partial charge in [0.25, 0.3) is 0 Å². The maximum Gasteiger partial charge on any atom is 0.150 e. The smallest absolute Gasteiger partial charge is 0.150 e. The Labute approximate surface area is 117 Å². The second-order valence-corrected chi connectivity index (χ2v) is 5.43. The molecule has 1 saturated heterocycles. The lowest BCUT2D eigenvalue weighted by atomic mass is 10.1. The van der Waals surface area contributed by atoms with E-state index in [0.717, 1.165) is 43.0 Å². The fourth-order valence-electron chi connectivity index (χ4n) is 2.51. The fraction of sp³-hybridized carbons (Fsp3) is 0.400. The van der Waals surface area contributed by atoms with E-state index in [1.54, 1.807) is 19.1 Å². The van der Waals surface area contributed by atoms with Crippen molar-refractivity contribution < 1.29 is 4.39 Å². The molecule has 0 unspecified atom stereocenters. The van der Waals surface area contributed by atoms with Crippen molar-refractivity contribution in [2.24, 2.45) is 5.73 Å². The lowest BCUT2D eigenvalue weighted by Gasteiger charge is -2.29. The largest absolute Gasteiger partial charge is 0.355 e. The lowest BCUT2D eigenvalue weighted by molar-refractivity contribution is 0.498. The van der Waals surface area contributed by atoms with Gasteiger partial charge in [0, 0.05) is 30.8 Å². The van der Waals surface area contributed by atoms with E-state index in [1.807, 2.05) is 12.1 Å². The van der Waals surface area contributed by atoms with Crippen molar-refractivity contribution in [1.82, 2.24) is 10.2 Å². The number of hydrogen-bond donors (Lipinski definition) is 2. The zero-order valence-corrected chi connectivity index (χ0v) is 11.6. The molecule has 0 saturated carbocycles. The molecule has 1 aromatic carbocycles. The molecule has 1 aliphatic heterocycles. The van der Waals surface area contributed by atoms with Crippen LogP contribution in [0.3, 0.4) is 0 Å². The van der Waals surface area contributed by atoms with Gasteiger partial charge < -0.3 is 10.6 Å². The van der Waals surface area contributed by atoms with E-state index in [4.69, 9.17) is 5.73 Å². The molecule has 5 heteroatoms. The van der Waals surface area contributed by atoms with E-state index in [-0.39, 0.29) is 5.82 Å². The van der Waals surface area contributed by atoms with Gasteiger partial charge in [-0.1, -0.05) is 12.1 Å². The summed E-state index contributed by atoms with van der Waals surface area (Å²) in [6.07, 6.45) is 1.97. The summed E-state index contributed by atoms with van der Waals surface area (Å²) < 4.78 is 13.6. The Kier molecular flexibility index (Phi) is 3.44. The third-order valence-corrected chi connectivity index (χ3v) is 3.91. The van der Waals surface area contributed by atoms with Crippen molar-refractivity contribution in [3.05, 3.63) is 35.6 Å². The van der Waals surface area contributed by atoms with Gasteiger partial charge in [-0.3, -0.25) is 5.10 Å². The minimum Gasteiger partial charge on any atom is -0.355 e. The quantitative estimate of drug-likeness (QED) is 0.884. The molecule has 0 radical (unpaired) electrons. The van der Waals surface area contributed by atoms with Crippen molar-refractivity contribution >= 4 is 5.82 Å². The molecule has 0 atom stereocenters. The standard InChI is InChI=1S/C15H19FN4/c1-10-2-3-11(8-13(10)16)14-9-15(19-18-14)20-6-4-12(17)5-7-20/h2-3,8-9,12H,4-7,17H2,1H3,(H,18,19). The zero-order chi connectivity index (χ0) is 14.1. The van der Waals surface area contributed by atoms with Crippen molar-refractivity contribution in [2.45, 2.75) is 25.8 Å². The molecule has 1 aliphatic rings. The highest BCUT2D eigenvalue weighted by Crippen LogP contribution is 2.25. The van der Waals surface area contributed by atoms with Crippen LogP contribution in [-0.4, -0.2) is 29.3 Å². The molecule has 3 rings (SSSR count). The van der Waals surface area contributed by atoms with Gasteiger partial charge in [0.05, 0.1) is 5.69 Å². The average Bonchev–Trinajstić information content (AvgIpc) is 2.92. The Morgan fingerprint density at radius 3 is 2.75 bits per heavy atom. The number of nitrogens with one attached hydrogen (secondary N) is 1. The van der Waals surface area contributed by atoms with Crippen molar-refractivity contribution in [3.8, 4) is 11.3 Å². The summed E-state index contributed by atoms with van der Waals surface area (Å²) in [5.74, 6) is 0.718. The van der Waals surface area contributed by atoms with Crippen molar-refractivity contribution in [1.29, 1.82) is 0 Å². The predicted octanol–water partition coefficient (Wildman–Crippen LogP) is 2.45. The first-order chi connectivity index (χ1) is 9.63. The third-order valence-electron chi connectivity index (χ3n) is 3.91. The van der Waals surface area contributed by atoms with Gasteiger partial charge in [-0.15, -0.1) is 0 Å². The van der Waals surface area contributed by atoms with Crippen LogP contribution in [-0.2, 0) is 0 Å². The van der Waals surface area contributed by atoms with E-state index in [2.05, 4.69) is 15.1 Å². The molecule has 0 amide bonds. The third kappa shape index (κ3) is 2.54. The Balaban J connectivity index is 1.81. The molecule has 2 aromatic rings. The highest BCUT2D eigenvalue weighted by molar-refractivity contribution is 5.63. The summed E-state index contributed by atoms with van der Waals surface area (Å²) >= 11 is 0. The van der Waals surface area contributed by atoms with Crippen LogP contribution in [0, 0.1) is 12.7 Å². The van der Waals surface area contributed by atoms with Gasteiger partial charge in [-0.2, -0.15) is 5.10 Å². The lowest BCUT2D eigenvalue weighted by Crippen LogP contribution is -2.39. The number of aryl methyl sites for hydroxylation is 1. The number of nitrogens with zero attached hydrogens (tertiary/aromatic N) is 2. The maximum atomic E-state index is 13.6. The monoisotopic (exact) mass is 274 g/mol. The molecule has 2 heterocycles. The highest BCUT2D eigenvalue weighted by Gasteiger charge is 2.18. The van der Waals surface area contributed by atoms with Crippen LogP contribution in [0.4, 0.5) is 10.2 Å². The summed E-state index contributed by atoms with van der Waals surface area (Å²) in [5.41, 5.74) is 8.22. The van der Waals surface area contributed by atoms with Crippen LogP contribution < -0.4 is 10.6 Å². The van der Waals surface area contributed by atoms with Gasteiger partial charge >= 0.3 is 0 Å². The molecule has 106 valence electrons. The number of benzene rings is 1. The number of halogens is 1. The normalized spacial score (nSPS) is 16.6. The predicted molar refractivity (Wildman–Crippen MR) is 78.1 cm³/mol. The summed E-state index contributed by atoms with van der Waals surface area (Å²) in [7, 11) is 0. The average molecular weight is 274 g/mol. The second-order valence-electron chi connectivity index (χ2n) is 5.43. The van der Waals surface area contributed by atoms with Gasteiger partial charge in [-0.05, 0) is 31.4 Å². The first-order valence-corrected chi connectivity index (χ1v) is 6.96. The number of anilines is 1. The zero-order valence-electron chi connectivity index (χ0n) is 11.6. The maximum absolute atomic E-state index is 13.6. The molecule has 4 nitrogen and oxygen atoms in total. The van der Waals surface area contributed by atoms with E-state index in [9.17, 15) is 4.39 Å². The number of rotatable bonds is 2.